The molecule has 1 aromatic rings. The van der Waals surface area contributed by atoms with Gasteiger partial charge in [0.05, 0.1) is 11.6 Å². The van der Waals surface area contributed by atoms with Crippen LogP contribution in [0, 0.1) is 0 Å². The molecule has 1 unspecified atom stereocenters. The number of likely N-dealkylation sites (N-methyl/N-ethyl adjacent to an activating group) is 1. The second kappa shape index (κ2) is 7.38. The number of hydrogen-bond donors (Lipinski definition) is 2. The third kappa shape index (κ3) is 3.84. The molecule has 1 aromatic heterocycles. The quantitative estimate of drug-likeness (QED) is 0.813. The van der Waals surface area contributed by atoms with E-state index in [1.807, 2.05) is 0 Å². The van der Waals surface area contributed by atoms with Crippen molar-refractivity contribution in [1.82, 2.24) is 10.2 Å². The van der Waals surface area contributed by atoms with E-state index in [9.17, 15) is 4.79 Å². The lowest BCUT2D eigenvalue weighted by Crippen LogP contribution is -2.53. The van der Waals surface area contributed by atoms with E-state index in [0.29, 0.717) is 6.54 Å². The van der Waals surface area contributed by atoms with Crippen molar-refractivity contribution in [3.63, 3.8) is 0 Å². The minimum absolute atomic E-state index is 0.0207. The third-order valence-electron chi connectivity index (χ3n) is 4.59. The number of nitrogens with zero attached hydrogens (tertiary/aromatic N) is 1. The molecule has 3 N–H and O–H groups in total. The zero-order chi connectivity index (χ0) is 15.3. The van der Waals surface area contributed by atoms with Crippen LogP contribution >= 0.6 is 11.3 Å². The van der Waals surface area contributed by atoms with Gasteiger partial charge < -0.3 is 11.1 Å². The molecule has 2 rings (SSSR count). The number of nitrogens with two attached hydrogens (primary N) is 1. The second-order valence-electron chi connectivity index (χ2n) is 5.87. The molecule has 0 aliphatic heterocycles. The first-order valence-corrected chi connectivity index (χ1v) is 8.88. The molecule has 0 saturated heterocycles. The Balaban J connectivity index is 2.00. The SMILES string of the molecule is CCN(CC)C(CNC(=O)C1(N)CCCC1)c1ccsc1. The highest BCUT2D eigenvalue weighted by atomic mass is 32.1. The molecule has 1 saturated carbocycles. The van der Waals surface area contributed by atoms with Gasteiger partial charge in [0.1, 0.15) is 0 Å². The first-order valence-electron chi connectivity index (χ1n) is 7.94. The summed E-state index contributed by atoms with van der Waals surface area (Å²) in [5, 5.41) is 7.36. The Morgan fingerprint density at radius 3 is 2.62 bits per heavy atom. The number of amides is 1. The number of carbonyl (C=O) groups is 1. The zero-order valence-corrected chi connectivity index (χ0v) is 13.9. The van der Waals surface area contributed by atoms with Crippen molar-refractivity contribution in [2.45, 2.75) is 51.1 Å². The number of carbonyl (C=O) groups excluding carboxylic acids is 1. The van der Waals surface area contributed by atoms with Crippen LogP contribution in [0.1, 0.15) is 51.1 Å². The molecule has 1 heterocycles. The highest BCUT2D eigenvalue weighted by molar-refractivity contribution is 7.07. The van der Waals surface area contributed by atoms with Crippen LogP contribution in [0.5, 0.6) is 0 Å². The maximum absolute atomic E-state index is 12.4. The molecular weight excluding hydrogens is 282 g/mol. The molecule has 0 bridgehead atoms. The fourth-order valence-electron chi connectivity index (χ4n) is 3.19. The molecule has 118 valence electrons. The number of rotatable bonds is 7. The van der Waals surface area contributed by atoms with E-state index in [0.717, 1.165) is 38.8 Å². The molecule has 0 spiro atoms. The Morgan fingerprint density at radius 1 is 1.43 bits per heavy atom. The van der Waals surface area contributed by atoms with Crippen LogP contribution in [0.4, 0.5) is 0 Å². The normalized spacial score (nSPS) is 18.9. The van der Waals surface area contributed by atoms with E-state index in [-0.39, 0.29) is 11.9 Å². The molecule has 1 atom stereocenters. The van der Waals surface area contributed by atoms with Crippen molar-refractivity contribution < 1.29 is 4.79 Å². The molecule has 21 heavy (non-hydrogen) atoms. The maximum Gasteiger partial charge on any atom is 0.240 e. The van der Waals surface area contributed by atoms with Crippen LogP contribution < -0.4 is 11.1 Å². The zero-order valence-electron chi connectivity index (χ0n) is 13.1. The van der Waals surface area contributed by atoms with Gasteiger partial charge in [-0.25, -0.2) is 0 Å². The lowest BCUT2D eigenvalue weighted by Gasteiger charge is -2.31. The second-order valence-corrected chi connectivity index (χ2v) is 6.65. The van der Waals surface area contributed by atoms with Crippen molar-refractivity contribution >= 4 is 17.2 Å². The van der Waals surface area contributed by atoms with Gasteiger partial charge in [-0.3, -0.25) is 9.69 Å². The largest absolute Gasteiger partial charge is 0.353 e. The van der Waals surface area contributed by atoms with Crippen molar-refractivity contribution in [1.29, 1.82) is 0 Å². The molecule has 1 fully saturated rings. The lowest BCUT2D eigenvalue weighted by atomic mass is 9.98. The average Bonchev–Trinajstić information content (AvgIpc) is 3.15. The first-order chi connectivity index (χ1) is 10.1. The van der Waals surface area contributed by atoms with E-state index >= 15 is 0 Å². The van der Waals surface area contributed by atoms with Crippen LogP contribution in [-0.4, -0.2) is 36.0 Å². The van der Waals surface area contributed by atoms with Gasteiger partial charge in [0.2, 0.25) is 5.91 Å². The molecule has 1 aliphatic rings. The Hall–Kier alpha value is -0.910. The Kier molecular flexibility index (Phi) is 5.79. The number of hydrogen-bond acceptors (Lipinski definition) is 4. The van der Waals surface area contributed by atoms with Crippen molar-refractivity contribution in [3.05, 3.63) is 22.4 Å². The van der Waals surface area contributed by atoms with Crippen molar-refractivity contribution in [3.8, 4) is 0 Å². The van der Waals surface area contributed by atoms with E-state index in [2.05, 4.69) is 40.9 Å². The summed E-state index contributed by atoms with van der Waals surface area (Å²) in [6.07, 6.45) is 3.75. The Labute approximate surface area is 131 Å². The van der Waals surface area contributed by atoms with Crippen LogP contribution in [0.25, 0.3) is 0 Å². The lowest BCUT2D eigenvalue weighted by molar-refractivity contribution is -0.126. The summed E-state index contributed by atoms with van der Waals surface area (Å²) in [6.45, 7) is 6.90. The molecular formula is C16H27N3OS. The monoisotopic (exact) mass is 309 g/mol. The van der Waals surface area contributed by atoms with E-state index in [1.54, 1.807) is 11.3 Å². The molecule has 1 aliphatic carbocycles. The predicted octanol–water partition coefficient (Wildman–Crippen LogP) is 2.52. The van der Waals surface area contributed by atoms with Gasteiger partial charge in [-0.15, -0.1) is 0 Å². The van der Waals surface area contributed by atoms with Gasteiger partial charge >= 0.3 is 0 Å². The van der Waals surface area contributed by atoms with Crippen LogP contribution in [0.3, 0.4) is 0 Å². The number of nitrogens with one attached hydrogen (secondary N) is 1. The van der Waals surface area contributed by atoms with Gasteiger partial charge in [0.15, 0.2) is 0 Å². The summed E-state index contributed by atoms with van der Waals surface area (Å²) >= 11 is 1.70. The molecule has 0 radical (unpaired) electrons. The van der Waals surface area contributed by atoms with Crippen LogP contribution in [0.2, 0.25) is 0 Å². The molecule has 5 heteroatoms. The first kappa shape index (κ1) is 16.5. The molecule has 0 aromatic carbocycles. The minimum atomic E-state index is -0.636. The Morgan fingerprint density at radius 2 is 2.10 bits per heavy atom. The molecule has 1 amide bonds. The van der Waals surface area contributed by atoms with Crippen molar-refractivity contribution in [2.24, 2.45) is 5.73 Å². The van der Waals surface area contributed by atoms with Gasteiger partial charge in [-0.2, -0.15) is 11.3 Å². The van der Waals surface area contributed by atoms with E-state index in [1.165, 1.54) is 5.56 Å². The summed E-state index contributed by atoms with van der Waals surface area (Å²) in [4.78, 5) is 14.8. The summed E-state index contributed by atoms with van der Waals surface area (Å²) in [5.74, 6) is 0.0207. The standard InChI is InChI=1S/C16H27N3OS/c1-3-19(4-2)14(13-7-10-21-12-13)11-18-15(20)16(17)8-5-6-9-16/h7,10,12,14H,3-6,8-9,11,17H2,1-2H3,(H,18,20). The highest BCUT2D eigenvalue weighted by Crippen LogP contribution is 2.28. The van der Waals surface area contributed by atoms with Crippen LogP contribution in [-0.2, 0) is 4.79 Å². The highest BCUT2D eigenvalue weighted by Gasteiger charge is 2.37. The van der Waals surface area contributed by atoms with E-state index in [4.69, 9.17) is 5.73 Å². The van der Waals surface area contributed by atoms with Gasteiger partial charge in [-0.05, 0) is 48.3 Å². The summed E-state index contributed by atoms with van der Waals surface area (Å²) in [6, 6.07) is 2.38. The predicted molar refractivity (Wildman–Crippen MR) is 88.4 cm³/mol. The summed E-state index contributed by atoms with van der Waals surface area (Å²) in [7, 11) is 0. The van der Waals surface area contributed by atoms with Gasteiger partial charge in [0, 0.05) is 6.54 Å². The average molecular weight is 309 g/mol. The van der Waals surface area contributed by atoms with Crippen molar-refractivity contribution in [2.75, 3.05) is 19.6 Å². The minimum Gasteiger partial charge on any atom is -0.353 e. The van der Waals surface area contributed by atoms with Gasteiger partial charge in [-0.1, -0.05) is 26.7 Å². The molecule has 4 nitrogen and oxygen atoms in total. The number of thiophene rings is 1. The Bertz CT molecular complexity index is 436. The fourth-order valence-corrected chi connectivity index (χ4v) is 3.89. The fraction of sp³-hybridized carbons (Fsp3) is 0.688. The smallest absolute Gasteiger partial charge is 0.240 e. The maximum atomic E-state index is 12.4. The third-order valence-corrected chi connectivity index (χ3v) is 5.29. The topological polar surface area (TPSA) is 58.4 Å². The van der Waals surface area contributed by atoms with Crippen LogP contribution in [0.15, 0.2) is 16.8 Å². The summed E-state index contributed by atoms with van der Waals surface area (Å²) < 4.78 is 0. The van der Waals surface area contributed by atoms with Gasteiger partial charge in [0.25, 0.3) is 0 Å². The summed E-state index contributed by atoms with van der Waals surface area (Å²) in [5.41, 5.74) is 6.87. The van der Waals surface area contributed by atoms with E-state index < -0.39 is 5.54 Å².